The van der Waals surface area contributed by atoms with Crippen LogP contribution in [0.3, 0.4) is 0 Å². The molecule has 5 heteroatoms. The van der Waals surface area contributed by atoms with Crippen LogP contribution in [0.2, 0.25) is 0 Å². The molecule has 0 aliphatic rings. The Morgan fingerprint density at radius 2 is 2.19 bits per heavy atom. The van der Waals surface area contributed by atoms with Crippen molar-refractivity contribution in [2.24, 2.45) is 5.73 Å². The number of aliphatic hydroxyl groups excluding tert-OH is 1. The fourth-order valence-electron chi connectivity index (χ4n) is 1.35. The molecule has 0 aliphatic carbocycles. The van der Waals surface area contributed by atoms with Crippen molar-refractivity contribution in [3.05, 3.63) is 28.2 Å². The number of hydrogen-bond donors (Lipinski definition) is 2. The first-order valence-electron chi connectivity index (χ1n) is 4.95. The Hall–Kier alpha value is -0.290. The number of rotatable bonds is 5. The number of benzene rings is 1. The second kappa shape index (κ2) is 7.90. The summed E-state index contributed by atoms with van der Waals surface area (Å²) in [4.78, 5) is 0. The predicted molar refractivity (Wildman–Crippen MR) is 71.3 cm³/mol. The molecule has 1 rings (SSSR count). The number of nitrogens with two attached hydrogens (primary N) is 1. The number of halogens is 2. The van der Waals surface area contributed by atoms with E-state index < -0.39 is 0 Å². The molecule has 1 unspecified atom stereocenters. The van der Waals surface area contributed by atoms with Gasteiger partial charge in [-0.05, 0) is 37.1 Å². The highest BCUT2D eigenvalue weighted by atomic mass is 79.9. The van der Waals surface area contributed by atoms with Crippen molar-refractivity contribution in [3.8, 4) is 5.75 Å². The SMILES string of the molecule is CCOc1ccc(Br)cc1CC(N)CO.Cl. The molecule has 0 heterocycles. The first-order chi connectivity index (χ1) is 7.17. The lowest BCUT2D eigenvalue weighted by Crippen LogP contribution is -2.27. The van der Waals surface area contributed by atoms with Crippen LogP contribution in [0.4, 0.5) is 0 Å². The molecule has 0 fully saturated rings. The zero-order chi connectivity index (χ0) is 11.3. The maximum atomic E-state index is 8.91. The summed E-state index contributed by atoms with van der Waals surface area (Å²) in [5.74, 6) is 0.838. The fourth-order valence-corrected chi connectivity index (χ4v) is 1.76. The van der Waals surface area contributed by atoms with Gasteiger partial charge in [-0.1, -0.05) is 15.9 Å². The van der Waals surface area contributed by atoms with E-state index in [2.05, 4.69) is 15.9 Å². The molecule has 0 saturated heterocycles. The summed E-state index contributed by atoms with van der Waals surface area (Å²) in [7, 11) is 0. The lowest BCUT2D eigenvalue weighted by molar-refractivity contribution is 0.263. The van der Waals surface area contributed by atoms with Gasteiger partial charge in [-0.15, -0.1) is 12.4 Å². The molecule has 16 heavy (non-hydrogen) atoms. The highest BCUT2D eigenvalue weighted by Crippen LogP contribution is 2.24. The minimum Gasteiger partial charge on any atom is -0.494 e. The summed E-state index contributed by atoms with van der Waals surface area (Å²) in [5, 5.41) is 8.91. The van der Waals surface area contributed by atoms with Crippen LogP contribution in [-0.4, -0.2) is 24.4 Å². The molecular formula is C11H17BrClNO2. The Morgan fingerprint density at radius 3 is 2.75 bits per heavy atom. The average molecular weight is 311 g/mol. The van der Waals surface area contributed by atoms with Gasteiger partial charge in [0.25, 0.3) is 0 Å². The maximum Gasteiger partial charge on any atom is 0.122 e. The largest absolute Gasteiger partial charge is 0.494 e. The molecule has 0 saturated carbocycles. The Morgan fingerprint density at radius 1 is 1.50 bits per heavy atom. The van der Waals surface area contributed by atoms with Gasteiger partial charge < -0.3 is 15.6 Å². The zero-order valence-corrected chi connectivity index (χ0v) is 11.6. The predicted octanol–water partition coefficient (Wildman–Crippen LogP) is 2.13. The van der Waals surface area contributed by atoms with Gasteiger partial charge in [0.2, 0.25) is 0 Å². The molecular weight excluding hydrogens is 293 g/mol. The first kappa shape index (κ1) is 15.7. The van der Waals surface area contributed by atoms with Crippen LogP contribution in [0.5, 0.6) is 5.75 Å². The van der Waals surface area contributed by atoms with E-state index in [1.54, 1.807) is 0 Å². The molecule has 0 radical (unpaired) electrons. The smallest absolute Gasteiger partial charge is 0.122 e. The number of aliphatic hydroxyl groups is 1. The van der Waals surface area contributed by atoms with Gasteiger partial charge in [0.15, 0.2) is 0 Å². The van der Waals surface area contributed by atoms with Crippen molar-refractivity contribution in [3.63, 3.8) is 0 Å². The summed E-state index contributed by atoms with van der Waals surface area (Å²) in [6.45, 7) is 2.55. The molecule has 0 spiro atoms. The lowest BCUT2D eigenvalue weighted by atomic mass is 10.1. The molecule has 1 aromatic rings. The molecule has 3 N–H and O–H groups in total. The van der Waals surface area contributed by atoms with Crippen LogP contribution in [0.1, 0.15) is 12.5 Å². The molecule has 1 atom stereocenters. The lowest BCUT2D eigenvalue weighted by Gasteiger charge is -2.13. The van der Waals surface area contributed by atoms with E-state index in [1.807, 2.05) is 25.1 Å². The van der Waals surface area contributed by atoms with E-state index in [9.17, 15) is 0 Å². The monoisotopic (exact) mass is 309 g/mol. The third kappa shape index (κ3) is 4.70. The van der Waals surface area contributed by atoms with Gasteiger partial charge in [-0.3, -0.25) is 0 Å². The van der Waals surface area contributed by atoms with Gasteiger partial charge in [0, 0.05) is 10.5 Å². The standard InChI is InChI=1S/C11H16BrNO2.ClH/c1-2-15-11-4-3-9(12)5-8(11)6-10(13)7-14;/h3-5,10,14H,2,6-7,13H2,1H3;1H. The van der Waals surface area contributed by atoms with Crippen molar-refractivity contribution >= 4 is 28.3 Å². The molecule has 92 valence electrons. The summed E-state index contributed by atoms with van der Waals surface area (Å²) in [5.41, 5.74) is 6.72. The summed E-state index contributed by atoms with van der Waals surface area (Å²) < 4.78 is 6.47. The number of hydrogen-bond acceptors (Lipinski definition) is 3. The molecule has 0 amide bonds. The maximum absolute atomic E-state index is 8.91. The Balaban J connectivity index is 0.00000225. The average Bonchev–Trinajstić information content (AvgIpc) is 2.22. The van der Waals surface area contributed by atoms with Gasteiger partial charge in [0.05, 0.1) is 13.2 Å². The third-order valence-electron chi connectivity index (χ3n) is 2.04. The Labute approximate surface area is 111 Å². The molecule has 0 aromatic heterocycles. The molecule has 1 aromatic carbocycles. The van der Waals surface area contributed by atoms with Crippen LogP contribution < -0.4 is 10.5 Å². The second-order valence-corrected chi connectivity index (χ2v) is 4.25. The topological polar surface area (TPSA) is 55.5 Å². The molecule has 0 aliphatic heterocycles. The van der Waals surface area contributed by atoms with Crippen molar-refractivity contribution in [2.75, 3.05) is 13.2 Å². The summed E-state index contributed by atoms with van der Waals surface area (Å²) in [6.07, 6.45) is 0.616. The quantitative estimate of drug-likeness (QED) is 0.876. The number of ether oxygens (including phenoxy) is 1. The minimum absolute atomic E-state index is 0. The van der Waals surface area contributed by atoms with Gasteiger partial charge in [-0.25, -0.2) is 0 Å². The molecule has 3 nitrogen and oxygen atoms in total. The van der Waals surface area contributed by atoms with Gasteiger partial charge in [-0.2, -0.15) is 0 Å². The van der Waals surface area contributed by atoms with E-state index in [0.29, 0.717) is 13.0 Å². The van der Waals surface area contributed by atoms with Crippen LogP contribution >= 0.6 is 28.3 Å². The van der Waals surface area contributed by atoms with Crippen LogP contribution in [0.25, 0.3) is 0 Å². The van der Waals surface area contributed by atoms with E-state index in [0.717, 1.165) is 15.8 Å². The second-order valence-electron chi connectivity index (χ2n) is 3.33. The van der Waals surface area contributed by atoms with E-state index in [4.69, 9.17) is 15.6 Å². The van der Waals surface area contributed by atoms with E-state index >= 15 is 0 Å². The zero-order valence-electron chi connectivity index (χ0n) is 9.15. The first-order valence-corrected chi connectivity index (χ1v) is 5.74. The van der Waals surface area contributed by atoms with Crippen LogP contribution in [-0.2, 0) is 6.42 Å². The normalized spacial score (nSPS) is 11.8. The fraction of sp³-hybridized carbons (Fsp3) is 0.455. The van der Waals surface area contributed by atoms with Gasteiger partial charge in [0.1, 0.15) is 5.75 Å². The highest BCUT2D eigenvalue weighted by molar-refractivity contribution is 9.10. The highest BCUT2D eigenvalue weighted by Gasteiger charge is 2.08. The van der Waals surface area contributed by atoms with E-state index in [-0.39, 0.29) is 25.1 Å². The van der Waals surface area contributed by atoms with Crippen LogP contribution in [0.15, 0.2) is 22.7 Å². The van der Waals surface area contributed by atoms with Crippen LogP contribution in [0, 0.1) is 0 Å². The van der Waals surface area contributed by atoms with Crippen molar-refractivity contribution in [1.29, 1.82) is 0 Å². The summed E-state index contributed by atoms with van der Waals surface area (Å²) in [6, 6.07) is 5.57. The summed E-state index contributed by atoms with van der Waals surface area (Å²) >= 11 is 3.40. The van der Waals surface area contributed by atoms with Gasteiger partial charge >= 0.3 is 0 Å². The van der Waals surface area contributed by atoms with Crippen molar-refractivity contribution in [2.45, 2.75) is 19.4 Å². The Kier molecular flexibility index (Phi) is 7.76. The third-order valence-corrected chi connectivity index (χ3v) is 2.53. The van der Waals surface area contributed by atoms with Crippen molar-refractivity contribution in [1.82, 2.24) is 0 Å². The molecule has 0 bridgehead atoms. The minimum atomic E-state index is -0.237. The van der Waals surface area contributed by atoms with Crippen molar-refractivity contribution < 1.29 is 9.84 Å². The Bertz CT molecular complexity index is 323. The van der Waals surface area contributed by atoms with E-state index in [1.165, 1.54) is 0 Å².